The number of carbonyl (C=O) groups is 2. The Bertz CT molecular complexity index is 429. The summed E-state index contributed by atoms with van der Waals surface area (Å²) in [4.78, 5) is 27.3. The topological polar surface area (TPSA) is 56.3 Å². The fourth-order valence-electron chi connectivity index (χ4n) is 1.39. The number of rotatable bonds is 4. The van der Waals surface area contributed by atoms with Crippen LogP contribution in [0.5, 0.6) is 0 Å². The molecule has 1 rings (SSSR count). The van der Waals surface area contributed by atoms with Gasteiger partial charge in [0.15, 0.2) is 5.78 Å². The highest BCUT2D eigenvalue weighted by Gasteiger charge is 2.17. The summed E-state index contributed by atoms with van der Waals surface area (Å²) >= 11 is 0. The van der Waals surface area contributed by atoms with Crippen LogP contribution in [-0.4, -0.2) is 22.3 Å². The van der Waals surface area contributed by atoms with E-state index in [1.54, 1.807) is 32.9 Å². The molecule has 98 valence electrons. The minimum absolute atomic E-state index is 0.0895. The smallest absolute Gasteiger partial charge is 0.306 e. The Kier molecular flexibility index (Phi) is 4.59. The van der Waals surface area contributed by atoms with Crippen LogP contribution in [0.2, 0.25) is 0 Å². The van der Waals surface area contributed by atoms with Gasteiger partial charge in [-0.3, -0.25) is 14.6 Å². The zero-order valence-electron chi connectivity index (χ0n) is 11.3. The summed E-state index contributed by atoms with van der Waals surface area (Å²) in [5, 5.41) is 0. The summed E-state index contributed by atoms with van der Waals surface area (Å²) in [6, 6.07) is 3.50. The summed E-state index contributed by atoms with van der Waals surface area (Å²) in [6.45, 7) is 7.26. The molecule has 0 saturated heterocycles. The van der Waals surface area contributed by atoms with Gasteiger partial charge in [-0.25, -0.2) is 0 Å². The van der Waals surface area contributed by atoms with Crippen LogP contribution >= 0.6 is 0 Å². The molecule has 1 heterocycles. The molecule has 18 heavy (non-hydrogen) atoms. The molecule has 0 bridgehead atoms. The number of nitrogens with zero attached hydrogens (tertiary/aromatic N) is 1. The lowest BCUT2D eigenvalue weighted by atomic mass is 10.1. The van der Waals surface area contributed by atoms with Crippen LogP contribution in [0.1, 0.15) is 49.7 Å². The molecule has 4 nitrogen and oxygen atoms in total. The number of esters is 1. The molecule has 4 heteroatoms. The summed E-state index contributed by atoms with van der Waals surface area (Å²) in [5.41, 5.74) is 0.883. The molecule has 0 aromatic carbocycles. The molecule has 0 aliphatic rings. The van der Waals surface area contributed by atoms with Gasteiger partial charge in [0.2, 0.25) is 0 Å². The maximum atomic E-state index is 11.8. The van der Waals surface area contributed by atoms with Crippen LogP contribution in [0, 0.1) is 6.92 Å². The number of aromatic nitrogens is 1. The van der Waals surface area contributed by atoms with E-state index in [0.717, 1.165) is 5.69 Å². The van der Waals surface area contributed by atoms with Gasteiger partial charge in [0.1, 0.15) is 5.60 Å². The van der Waals surface area contributed by atoms with Crippen LogP contribution in [0.3, 0.4) is 0 Å². The number of aryl methyl sites for hydroxylation is 1. The summed E-state index contributed by atoms with van der Waals surface area (Å²) < 4.78 is 5.14. The third-order valence-electron chi connectivity index (χ3n) is 2.21. The van der Waals surface area contributed by atoms with E-state index >= 15 is 0 Å². The van der Waals surface area contributed by atoms with E-state index in [4.69, 9.17) is 4.74 Å². The molecule has 0 N–H and O–H groups in total. The highest BCUT2D eigenvalue weighted by Crippen LogP contribution is 2.11. The fraction of sp³-hybridized carbons (Fsp3) is 0.500. The van der Waals surface area contributed by atoms with Gasteiger partial charge >= 0.3 is 5.97 Å². The molecule has 0 fully saturated rings. The zero-order chi connectivity index (χ0) is 13.8. The number of pyridine rings is 1. The van der Waals surface area contributed by atoms with E-state index < -0.39 is 5.60 Å². The van der Waals surface area contributed by atoms with Crippen molar-refractivity contribution >= 4 is 11.8 Å². The van der Waals surface area contributed by atoms with Crippen molar-refractivity contribution in [2.45, 2.75) is 46.1 Å². The molecule has 0 aliphatic heterocycles. The fourth-order valence-corrected chi connectivity index (χ4v) is 1.39. The number of hydrogen-bond acceptors (Lipinski definition) is 4. The van der Waals surface area contributed by atoms with Crippen molar-refractivity contribution < 1.29 is 14.3 Å². The highest BCUT2D eigenvalue weighted by atomic mass is 16.6. The Morgan fingerprint density at radius 3 is 2.39 bits per heavy atom. The van der Waals surface area contributed by atoms with Crippen molar-refractivity contribution in [1.82, 2.24) is 4.98 Å². The van der Waals surface area contributed by atoms with Crippen molar-refractivity contribution in [2.75, 3.05) is 0 Å². The number of carbonyl (C=O) groups excluding carboxylic acids is 2. The second-order valence-electron chi connectivity index (χ2n) is 5.20. The first-order valence-electron chi connectivity index (χ1n) is 5.95. The molecule has 0 spiro atoms. The first kappa shape index (κ1) is 14.4. The van der Waals surface area contributed by atoms with Crippen molar-refractivity contribution in [1.29, 1.82) is 0 Å². The van der Waals surface area contributed by atoms with E-state index in [1.165, 1.54) is 6.20 Å². The lowest BCUT2D eigenvalue weighted by Crippen LogP contribution is -2.24. The van der Waals surface area contributed by atoms with Crippen molar-refractivity contribution in [3.8, 4) is 0 Å². The first-order chi connectivity index (χ1) is 8.28. The summed E-state index contributed by atoms with van der Waals surface area (Å²) in [7, 11) is 0. The van der Waals surface area contributed by atoms with Gasteiger partial charge in [0.05, 0.1) is 6.42 Å². The van der Waals surface area contributed by atoms with Gasteiger partial charge in [-0.05, 0) is 39.8 Å². The molecule has 0 aliphatic carbocycles. The van der Waals surface area contributed by atoms with Crippen molar-refractivity contribution in [3.05, 3.63) is 29.6 Å². The van der Waals surface area contributed by atoms with Gasteiger partial charge in [0.25, 0.3) is 0 Å². The van der Waals surface area contributed by atoms with Gasteiger partial charge in [-0.15, -0.1) is 0 Å². The van der Waals surface area contributed by atoms with Crippen LogP contribution in [0.4, 0.5) is 0 Å². The Morgan fingerprint density at radius 2 is 1.89 bits per heavy atom. The average Bonchev–Trinajstić information content (AvgIpc) is 2.24. The molecule has 0 amide bonds. The van der Waals surface area contributed by atoms with Crippen LogP contribution < -0.4 is 0 Å². The zero-order valence-corrected chi connectivity index (χ0v) is 11.3. The Balaban J connectivity index is 2.47. The molecular formula is C14H19NO3. The SMILES string of the molecule is Cc1ccc(C(=O)CCC(=O)OC(C)(C)C)cn1. The lowest BCUT2D eigenvalue weighted by molar-refractivity contribution is -0.154. The number of ether oxygens (including phenoxy) is 1. The van der Waals surface area contributed by atoms with Crippen LogP contribution in [0.25, 0.3) is 0 Å². The van der Waals surface area contributed by atoms with Gasteiger partial charge in [0, 0.05) is 23.9 Å². The summed E-state index contributed by atoms with van der Waals surface area (Å²) in [5.74, 6) is -0.440. The van der Waals surface area contributed by atoms with E-state index in [-0.39, 0.29) is 24.6 Å². The van der Waals surface area contributed by atoms with Crippen LogP contribution in [0.15, 0.2) is 18.3 Å². The number of ketones is 1. The third-order valence-corrected chi connectivity index (χ3v) is 2.21. The van der Waals surface area contributed by atoms with Crippen LogP contribution in [-0.2, 0) is 9.53 Å². The van der Waals surface area contributed by atoms with E-state index in [1.807, 2.05) is 6.92 Å². The Hall–Kier alpha value is -1.71. The van der Waals surface area contributed by atoms with Gasteiger partial charge in [-0.2, -0.15) is 0 Å². The molecule has 0 radical (unpaired) electrons. The molecule has 1 aromatic heterocycles. The number of hydrogen-bond donors (Lipinski definition) is 0. The second kappa shape index (κ2) is 5.76. The van der Waals surface area contributed by atoms with Gasteiger partial charge < -0.3 is 4.74 Å². The Morgan fingerprint density at radius 1 is 1.22 bits per heavy atom. The Labute approximate surface area is 107 Å². The third kappa shape index (κ3) is 5.08. The average molecular weight is 249 g/mol. The van der Waals surface area contributed by atoms with Gasteiger partial charge in [-0.1, -0.05) is 0 Å². The standard InChI is InChI=1S/C14H19NO3/c1-10-5-6-11(9-15-10)12(16)7-8-13(17)18-14(2,3)4/h5-6,9H,7-8H2,1-4H3. The van der Waals surface area contributed by atoms with E-state index in [9.17, 15) is 9.59 Å². The van der Waals surface area contributed by atoms with E-state index in [0.29, 0.717) is 5.56 Å². The van der Waals surface area contributed by atoms with Crippen molar-refractivity contribution in [3.63, 3.8) is 0 Å². The number of Topliss-reactive ketones (excluding diaryl/α,β-unsaturated/α-hetero) is 1. The maximum absolute atomic E-state index is 11.8. The minimum Gasteiger partial charge on any atom is -0.460 e. The normalized spacial score (nSPS) is 11.1. The molecular weight excluding hydrogens is 230 g/mol. The lowest BCUT2D eigenvalue weighted by Gasteiger charge is -2.19. The monoisotopic (exact) mass is 249 g/mol. The minimum atomic E-state index is -0.508. The second-order valence-corrected chi connectivity index (χ2v) is 5.20. The quantitative estimate of drug-likeness (QED) is 0.608. The largest absolute Gasteiger partial charge is 0.460 e. The summed E-state index contributed by atoms with van der Waals surface area (Å²) in [6.07, 6.45) is 1.79. The highest BCUT2D eigenvalue weighted by molar-refractivity contribution is 5.97. The van der Waals surface area contributed by atoms with E-state index in [2.05, 4.69) is 4.98 Å². The first-order valence-corrected chi connectivity index (χ1v) is 5.95. The predicted molar refractivity (Wildman–Crippen MR) is 68.4 cm³/mol. The van der Waals surface area contributed by atoms with Crippen molar-refractivity contribution in [2.24, 2.45) is 0 Å². The maximum Gasteiger partial charge on any atom is 0.306 e. The molecule has 1 aromatic rings. The molecule has 0 unspecified atom stereocenters. The molecule has 0 saturated carbocycles. The molecule has 0 atom stereocenters. The predicted octanol–water partition coefficient (Wildman–Crippen LogP) is 2.69.